The van der Waals surface area contributed by atoms with Crippen LogP contribution in [0.3, 0.4) is 0 Å². The monoisotopic (exact) mass is 240 g/mol. The van der Waals surface area contributed by atoms with Crippen LogP contribution in [0.4, 0.5) is 0 Å². The van der Waals surface area contributed by atoms with Gasteiger partial charge in [-0.25, -0.2) is 4.79 Å². The van der Waals surface area contributed by atoms with Gasteiger partial charge in [0.25, 0.3) is 0 Å². The average molecular weight is 240 g/mol. The van der Waals surface area contributed by atoms with Crippen LogP contribution in [0.5, 0.6) is 11.5 Å². The van der Waals surface area contributed by atoms with Crippen molar-refractivity contribution in [2.75, 3.05) is 7.11 Å². The van der Waals surface area contributed by atoms with Gasteiger partial charge < -0.3 is 20.1 Å². The number of carboxylic acid groups (broad SMARTS) is 1. The minimum absolute atomic E-state index is 0.0307. The quantitative estimate of drug-likeness (QED) is 0.734. The molecule has 1 aromatic carbocycles. The van der Waals surface area contributed by atoms with Crippen LogP contribution in [-0.4, -0.2) is 34.5 Å². The van der Waals surface area contributed by atoms with Crippen molar-refractivity contribution in [2.24, 2.45) is 0 Å². The van der Waals surface area contributed by atoms with Crippen molar-refractivity contribution in [1.29, 1.82) is 0 Å². The molecule has 5 heteroatoms. The van der Waals surface area contributed by atoms with E-state index >= 15 is 0 Å². The van der Waals surface area contributed by atoms with Crippen LogP contribution in [0.2, 0.25) is 0 Å². The summed E-state index contributed by atoms with van der Waals surface area (Å²) in [5.41, 5.74) is -0.408. The van der Waals surface area contributed by atoms with Crippen LogP contribution in [0, 0.1) is 0 Å². The number of aliphatic hydroxyl groups excluding tert-OH is 1. The number of aromatic hydroxyl groups is 1. The average Bonchev–Trinajstić information content (AvgIpc) is 2.28. The minimum Gasteiger partial charge on any atom is -0.504 e. The number of hydrogen-bond donors (Lipinski definition) is 3. The molecule has 0 saturated carbocycles. The topological polar surface area (TPSA) is 87.0 Å². The second kappa shape index (κ2) is 4.63. The summed E-state index contributed by atoms with van der Waals surface area (Å²) in [7, 11) is 1.40. The summed E-state index contributed by atoms with van der Waals surface area (Å²) in [5, 5.41) is 27.9. The molecule has 0 fully saturated rings. The van der Waals surface area contributed by atoms with E-state index in [1.807, 2.05) is 0 Å². The van der Waals surface area contributed by atoms with Crippen molar-refractivity contribution in [2.45, 2.75) is 25.4 Å². The van der Waals surface area contributed by atoms with Crippen LogP contribution in [0.25, 0.3) is 0 Å². The number of rotatable bonds is 4. The molecule has 0 spiro atoms. The molecule has 0 aliphatic carbocycles. The zero-order chi connectivity index (χ0) is 13.2. The molecule has 0 amide bonds. The Labute approximate surface area is 99.3 Å². The Morgan fingerprint density at radius 3 is 2.47 bits per heavy atom. The molecule has 0 saturated heterocycles. The lowest BCUT2D eigenvalue weighted by Crippen LogP contribution is -2.39. The molecule has 17 heavy (non-hydrogen) atoms. The predicted octanol–water partition coefficient (Wildman–Crippen LogP) is 1.12. The third-order valence-electron chi connectivity index (χ3n) is 2.84. The summed E-state index contributed by atoms with van der Waals surface area (Å²) in [6, 6.07) is 4.48. The largest absolute Gasteiger partial charge is 0.504 e. The second-order valence-electron chi connectivity index (χ2n) is 4.35. The maximum Gasteiger partial charge on any atom is 0.333 e. The molecule has 0 aromatic heterocycles. The number of phenolic OH excluding ortho intramolecular Hbond substituents is 1. The van der Waals surface area contributed by atoms with Gasteiger partial charge in [0.15, 0.2) is 17.6 Å². The number of methoxy groups -OCH3 is 1. The van der Waals surface area contributed by atoms with Crippen LogP contribution in [0.1, 0.15) is 19.4 Å². The molecule has 3 N–H and O–H groups in total. The number of carbonyl (C=O) groups is 1. The first-order valence-electron chi connectivity index (χ1n) is 5.09. The van der Waals surface area contributed by atoms with E-state index in [9.17, 15) is 15.0 Å². The standard InChI is InChI=1S/C12H16O5/c1-12(2,10(14)11(15)16)7-4-5-8(13)9(6-7)17-3/h4-6,10,13-14H,1-3H3,(H,15,16). The third kappa shape index (κ3) is 2.50. The lowest BCUT2D eigenvalue weighted by molar-refractivity contribution is -0.150. The maximum atomic E-state index is 10.8. The van der Waals surface area contributed by atoms with E-state index in [-0.39, 0.29) is 11.5 Å². The molecular weight excluding hydrogens is 224 g/mol. The Kier molecular flexibility index (Phi) is 3.63. The van der Waals surface area contributed by atoms with Crippen LogP contribution >= 0.6 is 0 Å². The van der Waals surface area contributed by atoms with Gasteiger partial charge in [-0.15, -0.1) is 0 Å². The number of carboxylic acids is 1. The molecular formula is C12H16O5. The highest BCUT2D eigenvalue weighted by molar-refractivity contribution is 5.74. The second-order valence-corrected chi connectivity index (χ2v) is 4.35. The van der Waals surface area contributed by atoms with Gasteiger partial charge in [-0.2, -0.15) is 0 Å². The summed E-state index contributed by atoms with van der Waals surface area (Å²) < 4.78 is 4.94. The molecule has 0 aliphatic heterocycles. The summed E-state index contributed by atoms with van der Waals surface area (Å²) in [6.45, 7) is 3.22. The van der Waals surface area contributed by atoms with E-state index in [1.165, 1.54) is 19.2 Å². The fourth-order valence-electron chi connectivity index (χ4n) is 1.54. The van der Waals surface area contributed by atoms with Gasteiger partial charge in [0.05, 0.1) is 7.11 Å². The summed E-state index contributed by atoms with van der Waals surface area (Å²) in [5.74, 6) is -1.08. The lowest BCUT2D eigenvalue weighted by atomic mass is 9.79. The van der Waals surface area contributed by atoms with E-state index < -0.39 is 17.5 Å². The zero-order valence-electron chi connectivity index (χ0n) is 9.97. The van der Waals surface area contributed by atoms with Gasteiger partial charge in [-0.05, 0) is 17.7 Å². The van der Waals surface area contributed by atoms with E-state index in [1.54, 1.807) is 19.9 Å². The van der Waals surface area contributed by atoms with Gasteiger partial charge in [-0.3, -0.25) is 0 Å². The van der Waals surface area contributed by atoms with Gasteiger partial charge in [0.1, 0.15) is 0 Å². The van der Waals surface area contributed by atoms with Crippen LogP contribution < -0.4 is 4.74 Å². The third-order valence-corrected chi connectivity index (χ3v) is 2.84. The van der Waals surface area contributed by atoms with Gasteiger partial charge >= 0.3 is 5.97 Å². The number of hydrogen-bond acceptors (Lipinski definition) is 4. The highest BCUT2D eigenvalue weighted by atomic mass is 16.5. The maximum absolute atomic E-state index is 10.8. The summed E-state index contributed by atoms with van der Waals surface area (Å²) in [4.78, 5) is 10.8. The predicted molar refractivity (Wildman–Crippen MR) is 61.3 cm³/mol. The normalized spacial score (nSPS) is 13.2. The molecule has 1 atom stereocenters. The van der Waals surface area contributed by atoms with Crippen molar-refractivity contribution >= 4 is 5.97 Å². The number of aliphatic hydroxyl groups is 1. The Morgan fingerprint density at radius 2 is 2.00 bits per heavy atom. The fraction of sp³-hybridized carbons (Fsp3) is 0.417. The van der Waals surface area contributed by atoms with Gasteiger partial charge in [0.2, 0.25) is 0 Å². The van der Waals surface area contributed by atoms with Crippen molar-refractivity contribution in [1.82, 2.24) is 0 Å². The smallest absolute Gasteiger partial charge is 0.333 e. The molecule has 1 unspecified atom stereocenters. The van der Waals surface area contributed by atoms with Crippen molar-refractivity contribution in [3.8, 4) is 11.5 Å². The Bertz CT molecular complexity index is 425. The first kappa shape index (κ1) is 13.3. The lowest BCUT2D eigenvalue weighted by Gasteiger charge is -2.28. The number of benzene rings is 1. The van der Waals surface area contributed by atoms with Gasteiger partial charge in [0, 0.05) is 5.41 Å². The highest BCUT2D eigenvalue weighted by Gasteiger charge is 2.35. The van der Waals surface area contributed by atoms with E-state index in [0.717, 1.165) is 0 Å². The summed E-state index contributed by atoms with van der Waals surface area (Å²) in [6.07, 6.45) is -1.53. The molecule has 1 rings (SSSR count). The first-order valence-corrected chi connectivity index (χ1v) is 5.09. The van der Waals surface area contributed by atoms with Gasteiger partial charge in [-0.1, -0.05) is 19.9 Å². The molecule has 0 heterocycles. The number of phenols is 1. The van der Waals surface area contributed by atoms with E-state index in [0.29, 0.717) is 5.56 Å². The van der Waals surface area contributed by atoms with E-state index in [2.05, 4.69) is 0 Å². The van der Waals surface area contributed by atoms with Crippen molar-refractivity contribution in [3.63, 3.8) is 0 Å². The summed E-state index contributed by atoms with van der Waals surface area (Å²) >= 11 is 0. The van der Waals surface area contributed by atoms with Crippen molar-refractivity contribution in [3.05, 3.63) is 23.8 Å². The molecule has 0 radical (unpaired) electrons. The highest BCUT2D eigenvalue weighted by Crippen LogP contribution is 2.34. The van der Waals surface area contributed by atoms with Crippen LogP contribution in [-0.2, 0) is 10.2 Å². The zero-order valence-corrected chi connectivity index (χ0v) is 9.97. The fourth-order valence-corrected chi connectivity index (χ4v) is 1.54. The Morgan fingerprint density at radius 1 is 1.41 bits per heavy atom. The number of ether oxygens (including phenoxy) is 1. The molecule has 0 aliphatic rings. The van der Waals surface area contributed by atoms with Crippen molar-refractivity contribution < 1.29 is 24.9 Å². The Balaban J connectivity index is 3.19. The SMILES string of the molecule is COc1cc(C(C)(C)C(O)C(=O)O)ccc1O. The Hall–Kier alpha value is -1.75. The molecule has 5 nitrogen and oxygen atoms in total. The van der Waals surface area contributed by atoms with E-state index in [4.69, 9.17) is 9.84 Å². The minimum atomic E-state index is -1.53. The molecule has 1 aromatic rings. The number of aliphatic carboxylic acids is 1. The molecule has 94 valence electrons. The first-order chi connectivity index (χ1) is 7.80. The van der Waals surface area contributed by atoms with Crippen LogP contribution in [0.15, 0.2) is 18.2 Å². The molecule has 0 bridgehead atoms.